The molecule has 0 heterocycles. The molecule has 0 saturated heterocycles. The molecule has 14 heavy (non-hydrogen) atoms. The van der Waals surface area contributed by atoms with Crippen molar-refractivity contribution >= 4 is 5.96 Å². The van der Waals surface area contributed by atoms with Crippen molar-refractivity contribution in [3.63, 3.8) is 0 Å². The number of guanidine groups is 1. The Balaban J connectivity index is 3.80. The number of aliphatic hydroxyl groups excluding tert-OH is 1. The molecule has 1 atom stereocenters. The van der Waals surface area contributed by atoms with Gasteiger partial charge in [-0.05, 0) is 0 Å². The first-order valence-corrected chi connectivity index (χ1v) is 3.80. The Hall–Kier alpha value is -1.67. The molecule has 0 aliphatic heterocycles. The van der Waals surface area contributed by atoms with Crippen LogP contribution in [0.1, 0.15) is 0 Å². The molecular formula is C6H13N5O3. The standard InChI is InChI=1S/C6H13N5O3/c7-5(4-12)2-1-3-9-6(8)10-11(13)14/h1-2,5,12H,3-4,7H2,(H3,8,9,10)/b2-1-/t5-/m0/s1. The molecule has 0 aromatic carbocycles. The minimum Gasteiger partial charge on any atom is -0.394 e. The van der Waals surface area contributed by atoms with Crippen molar-refractivity contribution in [1.29, 1.82) is 0 Å². The van der Waals surface area contributed by atoms with Gasteiger partial charge in [0.25, 0.3) is 5.96 Å². The van der Waals surface area contributed by atoms with Crippen LogP contribution in [0.15, 0.2) is 17.1 Å². The summed E-state index contributed by atoms with van der Waals surface area (Å²) in [7, 11) is 0. The maximum Gasteiger partial charge on any atom is 0.251 e. The van der Waals surface area contributed by atoms with Gasteiger partial charge in [-0.1, -0.05) is 17.6 Å². The second-order valence-electron chi connectivity index (χ2n) is 2.37. The summed E-state index contributed by atoms with van der Waals surface area (Å²) in [6.07, 6.45) is 3.08. The molecule has 0 aliphatic carbocycles. The zero-order valence-electron chi connectivity index (χ0n) is 7.46. The van der Waals surface area contributed by atoms with Crippen molar-refractivity contribution in [3.8, 4) is 0 Å². The van der Waals surface area contributed by atoms with Crippen LogP contribution in [0.25, 0.3) is 0 Å². The van der Waals surface area contributed by atoms with Crippen LogP contribution < -0.4 is 16.9 Å². The zero-order chi connectivity index (χ0) is 11.0. The molecule has 8 nitrogen and oxygen atoms in total. The summed E-state index contributed by atoms with van der Waals surface area (Å²) in [5.74, 6) is -0.280. The second kappa shape index (κ2) is 6.80. The van der Waals surface area contributed by atoms with E-state index in [1.165, 1.54) is 6.08 Å². The molecule has 0 rings (SSSR count). The van der Waals surface area contributed by atoms with E-state index in [0.29, 0.717) is 0 Å². The third-order valence-electron chi connectivity index (χ3n) is 1.17. The number of nitrogens with one attached hydrogen (secondary N) is 1. The maximum absolute atomic E-state index is 9.86. The average Bonchev–Trinajstić information content (AvgIpc) is 2.10. The van der Waals surface area contributed by atoms with Crippen molar-refractivity contribution in [3.05, 3.63) is 22.3 Å². The third kappa shape index (κ3) is 7.00. The molecular weight excluding hydrogens is 190 g/mol. The molecule has 0 radical (unpaired) electrons. The van der Waals surface area contributed by atoms with Gasteiger partial charge in [0, 0.05) is 6.04 Å². The van der Waals surface area contributed by atoms with E-state index in [0.717, 1.165) is 0 Å². The fourth-order valence-electron chi connectivity index (χ4n) is 0.576. The van der Waals surface area contributed by atoms with Crippen LogP contribution in [-0.4, -0.2) is 35.3 Å². The van der Waals surface area contributed by atoms with Gasteiger partial charge in [-0.3, -0.25) is 0 Å². The predicted octanol–water partition coefficient (Wildman–Crippen LogP) is -2.04. The molecule has 0 aliphatic rings. The monoisotopic (exact) mass is 203 g/mol. The van der Waals surface area contributed by atoms with Crippen LogP contribution in [0, 0.1) is 10.1 Å². The molecule has 80 valence electrons. The van der Waals surface area contributed by atoms with E-state index in [2.05, 4.69) is 4.99 Å². The molecule has 0 fully saturated rings. The van der Waals surface area contributed by atoms with Crippen LogP contribution in [0.4, 0.5) is 0 Å². The second-order valence-corrected chi connectivity index (χ2v) is 2.37. The topological polar surface area (TPSA) is 140 Å². The highest BCUT2D eigenvalue weighted by molar-refractivity contribution is 5.76. The number of hydrogen-bond acceptors (Lipinski definition) is 5. The van der Waals surface area contributed by atoms with Gasteiger partial charge in [-0.15, -0.1) is 0 Å². The Morgan fingerprint density at radius 3 is 2.93 bits per heavy atom. The lowest BCUT2D eigenvalue weighted by Gasteiger charge is -1.98. The minimum absolute atomic E-state index is 0.164. The van der Waals surface area contributed by atoms with E-state index in [-0.39, 0.29) is 19.1 Å². The highest BCUT2D eigenvalue weighted by Crippen LogP contribution is 1.81. The molecule has 8 heteroatoms. The molecule has 0 unspecified atom stereocenters. The number of aliphatic hydroxyl groups is 1. The van der Waals surface area contributed by atoms with E-state index in [9.17, 15) is 10.1 Å². The van der Waals surface area contributed by atoms with E-state index in [1.807, 2.05) is 0 Å². The van der Waals surface area contributed by atoms with Gasteiger partial charge < -0.3 is 16.6 Å². The first kappa shape index (κ1) is 12.3. The van der Waals surface area contributed by atoms with Crippen molar-refractivity contribution in [1.82, 2.24) is 5.43 Å². The maximum atomic E-state index is 9.86. The van der Waals surface area contributed by atoms with E-state index >= 15 is 0 Å². The Morgan fingerprint density at radius 2 is 2.43 bits per heavy atom. The first-order chi connectivity index (χ1) is 6.56. The number of nitrogens with zero attached hydrogens (tertiary/aromatic N) is 2. The number of aliphatic imine (C=N–C) groups is 1. The quantitative estimate of drug-likeness (QED) is 0.133. The van der Waals surface area contributed by atoms with Crippen molar-refractivity contribution in [2.45, 2.75) is 6.04 Å². The number of rotatable bonds is 5. The number of hydrazine groups is 1. The van der Waals surface area contributed by atoms with Crippen LogP contribution in [0.2, 0.25) is 0 Å². The highest BCUT2D eigenvalue weighted by atomic mass is 16.7. The minimum atomic E-state index is -0.804. The Bertz CT molecular complexity index is 240. The molecule has 0 spiro atoms. The third-order valence-corrected chi connectivity index (χ3v) is 1.17. The van der Waals surface area contributed by atoms with Gasteiger partial charge in [0.2, 0.25) is 0 Å². The lowest BCUT2D eigenvalue weighted by atomic mass is 10.3. The van der Waals surface area contributed by atoms with Gasteiger partial charge in [-0.2, -0.15) is 0 Å². The summed E-state index contributed by atoms with van der Waals surface area (Å²) in [5.41, 5.74) is 12.1. The number of nitro groups is 1. The van der Waals surface area contributed by atoms with Crippen molar-refractivity contribution < 1.29 is 10.1 Å². The normalized spacial score (nSPS) is 14.3. The number of nitrogens with two attached hydrogens (primary N) is 2. The van der Waals surface area contributed by atoms with Gasteiger partial charge in [0.1, 0.15) is 0 Å². The Kier molecular flexibility index (Phi) is 5.99. The van der Waals surface area contributed by atoms with Gasteiger partial charge in [0.05, 0.1) is 13.2 Å². The van der Waals surface area contributed by atoms with Gasteiger partial charge in [0.15, 0.2) is 5.03 Å². The van der Waals surface area contributed by atoms with Crippen molar-refractivity contribution in [2.75, 3.05) is 13.2 Å². The fourth-order valence-corrected chi connectivity index (χ4v) is 0.576. The SMILES string of the molecule is NC(=NC/C=C\[C@H](N)CO)N[N+](=O)[O-]. The first-order valence-electron chi connectivity index (χ1n) is 3.80. The van der Waals surface area contributed by atoms with Crippen LogP contribution >= 0.6 is 0 Å². The highest BCUT2D eigenvalue weighted by Gasteiger charge is 1.96. The van der Waals surface area contributed by atoms with Crippen LogP contribution in [-0.2, 0) is 0 Å². The average molecular weight is 203 g/mol. The summed E-state index contributed by atoms with van der Waals surface area (Å²) < 4.78 is 0. The molecule has 0 saturated carbocycles. The van der Waals surface area contributed by atoms with E-state index in [1.54, 1.807) is 11.5 Å². The largest absolute Gasteiger partial charge is 0.394 e. The summed E-state index contributed by atoms with van der Waals surface area (Å²) in [6, 6.07) is -0.449. The summed E-state index contributed by atoms with van der Waals surface area (Å²) in [6.45, 7) is 0.00319. The predicted molar refractivity (Wildman–Crippen MR) is 50.8 cm³/mol. The van der Waals surface area contributed by atoms with Crippen LogP contribution in [0.3, 0.4) is 0 Å². The van der Waals surface area contributed by atoms with E-state index in [4.69, 9.17) is 16.6 Å². The smallest absolute Gasteiger partial charge is 0.251 e. The molecule has 0 amide bonds. The number of hydrogen-bond donors (Lipinski definition) is 4. The summed E-state index contributed by atoms with van der Waals surface area (Å²) in [4.78, 5) is 13.4. The fraction of sp³-hybridized carbons (Fsp3) is 0.500. The lowest BCUT2D eigenvalue weighted by molar-refractivity contribution is -0.525. The van der Waals surface area contributed by atoms with Gasteiger partial charge >= 0.3 is 0 Å². The Labute approximate surface area is 80.4 Å². The van der Waals surface area contributed by atoms with E-state index < -0.39 is 11.1 Å². The molecule has 6 N–H and O–H groups in total. The van der Waals surface area contributed by atoms with Crippen molar-refractivity contribution in [2.24, 2.45) is 16.5 Å². The molecule has 0 bridgehead atoms. The Morgan fingerprint density at radius 1 is 1.79 bits per heavy atom. The molecule has 0 aromatic rings. The molecule has 0 aromatic heterocycles. The lowest BCUT2D eigenvalue weighted by Crippen LogP contribution is -2.36. The summed E-state index contributed by atoms with van der Waals surface area (Å²) >= 11 is 0. The van der Waals surface area contributed by atoms with Crippen LogP contribution in [0.5, 0.6) is 0 Å². The van der Waals surface area contributed by atoms with Gasteiger partial charge in [-0.25, -0.2) is 15.1 Å². The summed E-state index contributed by atoms with van der Waals surface area (Å²) in [5, 5.41) is 17.6. The zero-order valence-corrected chi connectivity index (χ0v) is 7.46.